The van der Waals surface area contributed by atoms with Crippen molar-refractivity contribution in [2.75, 3.05) is 6.54 Å². The molecule has 2 heteroatoms. The SMILES string of the molecule is CCNC(CC1CC1)C(C)(C)c1ccc(F)cc1. The molecule has 0 radical (unpaired) electrons. The average Bonchev–Trinajstić information content (AvgIpc) is 3.13. The fourth-order valence-corrected chi connectivity index (χ4v) is 2.65. The first-order valence-electron chi connectivity index (χ1n) is 7.03. The average molecular weight is 249 g/mol. The Morgan fingerprint density at radius 2 is 1.89 bits per heavy atom. The van der Waals surface area contributed by atoms with Gasteiger partial charge in [0, 0.05) is 11.5 Å². The van der Waals surface area contributed by atoms with Crippen LogP contribution in [-0.4, -0.2) is 12.6 Å². The first-order chi connectivity index (χ1) is 8.54. The van der Waals surface area contributed by atoms with E-state index < -0.39 is 0 Å². The molecule has 1 unspecified atom stereocenters. The van der Waals surface area contributed by atoms with Crippen LogP contribution in [-0.2, 0) is 5.41 Å². The van der Waals surface area contributed by atoms with E-state index in [1.54, 1.807) is 12.1 Å². The van der Waals surface area contributed by atoms with Gasteiger partial charge >= 0.3 is 0 Å². The zero-order valence-corrected chi connectivity index (χ0v) is 11.7. The maximum absolute atomic E-state index is 13.0. The lowest BCUT2D eigenvalue weighted by atomic mass is 9.75. The molecule has 1 aromatic rings. The first-order valence-corrected chi connectivity index (χ1v) is 7.03. The van der Waals surface area contributed by atoms with Crippen LogP contribution in [0.4, 0.5) is 4.39 Å². The molecule has 1 saturated carbocycles. The molecule has 1 aliphatic carbocycles. The van der Waals surface area contributed by atoms with E-state index >= 15 is 0 Å². The van der Waals surface area contributed by atoms with E-state index in [1.807, 2.05) is 12.1 Å². The van der Waals surface area contributed by atoms with Gasteiger partial charge in [-0.15, -0.1) is 0 Å². The molecule has 0 aromatic heterocycles. The highest BCUT2D eigenvalue weighted by Crippen LogP contribution is 2.39. The lowest BCUT2D eigenvalue weighted by Gasteiger charge is -2.36. The van der Waals surface area contributed by atoms with E-state index in [0.717, 1.165) is 12.5 Å². The molecule has 2 rings (SSSR count). The quantitative estimate of drug-likeness (QED) is 0.806. The summed E-state index contributed by atoms with van der Waals surface area (Å²) in [5.74, 6) is 0.741. The summed E-state index contributed by atoms with van der Waals surface area (Å²) >= 11 is 0. The van der Waals surface area contributed by atoms with Crippen LogP contribution in [0.3, 0.4) is 0 Å². The highest BCUT2D eigenvalue weighted by Gasteiger charge is 2.35. The van der Waals surface area contributed by atoms with Crippen LogP contribution in [0.15, 0.2) is 24.3 Å². The van der Waals surface area contributed by atoms with Crippen molar-refractivity contribution in [1.82, 2.24) is 5.32 Å². The van der Waals surface area contributed by atoms with Gasteiger partial charge in [0.1, 0.15) is 5.82 Å². The second kappa shape index (κ2) is 5.40. The minimum atomic E-state index is -0.156. The van der Waals surface area contributed by atoms with E-state index in [4.69, 9.17) is 0 Å². The summed E-state index contributed by atoms with van der Waals surface area (Å²) in [7, 11) is 0. The van der Waals surface area contributed by atoms with Gasteiger partial charge in [0.2, 0.25) is 0 Å². The fourth-order valence-electron chi connectivity index (χ4n) is 2.65. The molecule has 1 N–H and O–H groups in total. The normalized spacial score (nSPS) is 17.8. The molecule has 0 saturated heterocycles. The smallest absolute Gasteiger partial charge is 0.123 e. The van der Waals surface area contributed by atoms with E-state index in [0.29, 0.717) is 6.04 Å². The number of nitrogens with one attached hydrogen (secondary N) is 1. The largest absolute Gasteiger partial charge is 0.313 e. The molecule has 1 atom stereocenters. The van der Waals surface area contributed by atoms with Crippen molar-refractivity contribution in [3.63, 3.8) is 0 Å². The predicted molar refractivity (Wildman–Crippen MR) is 74.2 cm³/mol. The summed E-state index contributed by atoms with van der Waals surface area (Å²) in [6.07, 6.45) is 3.99. The van der Waals surface area contributed by atoms with Crippen LogP contribution < -0.4 is 5.32 Å². The Kier molecular flexibility index (Phi) is 4.06. The summed E-state index contributed by atoms with van der Waals surface area (Å²) in [4.78, 5) is 0. The number of hydrogen-bond donors (Lipinski definition) is 1. The Morgan fingerprint density at radius 3 is 2.39 bits per heavy atom. The summed E-state index contributed by atoms with van der Waals surface area (Å²) in [6.45, 7) is 7.66. The first kappa shape index (κ1) is 13.5. The molecule has 100 valence electrons. The van der Waals surface area contributed by atoms with E-state index in [-0.39, 0.29) is 11.2 Å². The van der Waals surface area contributed by atoms with E-state index in [1.165, 1.54) is 24.8 Å². The highest BCUT2D eigenvalue weighted by molar-refractivity contribution is 5.26. The van der Waals surface area contributed by atoms with Gasteiger partial charge in [0.25, 0.3) is 0 Å². The lowest BCUT2D eigenvalue weighted by molar-refractivity contribution is 0.315. The Hall–Kier alpha value is -0.890. The van der Waals surface area contributed by atoms with Crippen LogP contribution in [0.1, 0.15) is 45.6 Å². The standard InChI is InChI=1S/C16H24FN/c1-4-18-15(11-12-5-6-12)16(2,3)13-7-9-14(17)10-8-13/h7-10,12,15,18H,4-6,11H2,1-3H3. The monoisotopic (exact) mass is 249 g/mol. The van der Waals surface area contributed by atoms with Crippen LogP contribution >= 0.6 is 0 Å². The van der Waals surface area contributed by atoms with Gasteiger partial charge in [-0.1, -0.05) is 45.7 Å². The van der Waals surface area contributed by atoms with Gasteiger partial charge in [-0.2, -0.15) is 0 Å². The van der Waals surface area contributed by atoms with Gasteiger partial charge in [-0.25, -0.2) is 4.39 Å². The molecular formula is C16H24FN. The molecular weight excluding hydrogens is 225 g/mol. The van der Waals surface area contributed by atoms with Crippen molar-refractivity contribution < 1.29 is 4.39 Å². The minimum absolute atomic E-state index is 0.0479. The van der Waals surface area contributed by atoms with Crippen molar-refractivity contribution >= 4 is 0 Å². The van der Waals surface area contributed by atoms with Gasteiger partial charge in [0.15, 0.2) is 0 Å². The number of likely N-dealkylation sites (N-methyl/N-ethyl adjacent to an activating group) is 1. The van der Waals surface area contributed by atoms with Crippen molar-refractivity contribution in [3.05, 3.63) is 35.6 Å². The van der Waals surface area contributed by atoms with Crippen LogP contribution in [0.25, 0.3) is 0 Å². The van der Waals surface area contributed by atoms with Crippen LogP contribution in [0.5, 0.6) is 0 Å². The van der Waals surface area contributed by atoms with Gasteiger partial charge in [-0.3, -0.25) is 0 Å². The molecule has 1 nitrogen and oxygen atoms in total. The van der Waals surface area contributed by atoms with Crippen molar-refractivity contribution in [3.8, 4) is 0 Å². The highest BCUT2D eigenvalue weighted by atomic mass is 19.1. The molecule has 1 fully saturated rings. The van der Waals surface area contributed by atoms with E-state index in [2.05, 4.69) is 26.1 Å². The molecule has 0 heterocycles. The Labute approximate surface area is 110 Å². The predicted octanol–water partition coefficient (Wildman–Crippen LogP) is 3.88. The maximum atomic E-state index is 13.0. The number of hydrogen-bond acceptors (Lipinski definition) is 1. The summed E-state index contributed by atoms with van der Waals surface area (Å²) in [5.41, 5.74) is 1.27. The Balaban J connectivity index is 2.16. The molecule has 1 aromatic carbocycles. The molecule has 0 aliphatic heterocycles. The molecule has 0 spiro atoms. The molecule has 18 heavy (non-hydrogen) atoms. The van der Waals surface area contributed by atoms with Crippen molar-refractivity contribution in [1.29, 1.82) is 0 Å². The topological polar surface area (TPSA) is 12.0 Å². The molecule has 0 amide bonds. The third-order valence-electron chi connectivity index (χ3n) is 4.18. The summed E-state index contributed by atoms with van der Waals surface area (Å²) in [6, 6.07) is 7.45. The van der Waals surface area contributed by atoms with Crippen molar-refractivity contribution in [2.45, 2.75) is 51.5 Å². The molecule has 1 aliphatic rings. The van der Waals surface area contributed by atoms with Crippen LogP contribution in [0.2, 0.25) is 0 Å². The summed E-state index contributed by atoms with van der Waals surface area (Å²) < 4.78 is 13.0. The minimum Gasteiger partial charge on any atom is -0.313 e. The zero-order valence-electron chi connectivity index (χ0n) is 11.7. The van der Waals surface area contributed by atoms with Gasteiger partial charge < -0.3 is 5.32 Å². The van der Waals surface area contributed by atoms with E-state index in [9.17, 15) is 4.39 Å². The number of benzene rings is 1. The second-order valence-electron chi connectivity index (χ2n) is 6.02. The van der Waals surface area contributed by atoms with Crippen molar-refractivity contribution in [2.24, 2.45) is 5.92 Å². The van der Waals surface area contributed by atoms with Gasteiger partial charge in [0.05, 0.1) is 0 Å². The fraction of sp³-hybridized carbons (Fsp3) is 0.625. The molecule has 0 bridgehead atoms. The second-order valence-corrected chi connectivity index (χ2v) is 6.02. The maximum Gasteiger partial charge on any atom is 0.123 e. The van der Waals surface area contributed by atoms with Gasteiger partial charge in [-0.05, 0) is 36.6 Å². The summed E-state index contributed by atoms with van der Waals surface area (Å²) in [5, 5.41) is 3.61. The number of halogens is 1. The number of rotatable bonds is 6. The Morgan fingerprint density at radius 1 is 1.28 bits per heavy atom. The van der Waals surface area contributed by atoms with Crippen LogP contribution in [0, 0.1) is 11.7 Å². The third-order valence-corrected chi connectivity index (χ3v) is 4.18. The lowest BCUT2D eigenvalue weighted by Crippen LogP contribution is -2.45. The Bertz CT molecular complexity index is 379. The third kappa shape index (κ3) is 3.11. The zero-order chi connectivity index (χ0) is 13.2.